The van der Waals surface area contributed by atoms with Crippen LogP contribution in [-0.4, -0.2) is 56.8 Å². The third kappa shape index (κ3) is 3.78. The Labute approximate surface area is 167 Å². The molecule has 0 unspecified atom stereocenters. The van der Waals surface area contributed by atoms with Crippen LogP contribution in [0.1, 0.15) is 37.0 Å². The topological polar surface area (TPSA) is 83.8 Å². The summed E-state index contributed by atoms with van der Waals surface area (Å²) in [6, 6.07) is 3.91. The van der Waals surface area contributed by atoms with Gasteiger partial charge in [0.25, 0.3) is 11.6 Å². The number of benzene rings is 1. The van der Waals surface area contributed by atoms with Crippen molar-refractivity contribution in [1.82, 2.24) is 9.80 Å². The zero-order chi connectivity index (χ0) is 19.8. The van der Waals surface area contributed by atoms with E-state index < -0.39 is 4.92 Å². The maximum absolute atomic E-state index is 12.8. The number of thioether (sulfide) groups is 1. The molecule has 1 aromatic carbocycles. The summed E-state index contributed by atoms with van der Waals surface area (Å²) in [5.41, 5.74) is 0.131. The highest BCUT2D eigenvalue weighted by molar-refractivity contribution is 8.00. The van der Waals surface area contributed by atoms with E-state index in [0.29, 0.717) is 25.9 Å². The van der Waals surface area contributed by atoms with Gasteiger partial charge in [-0.15, -0.1) is 11.8 Å². The summed E-state index contributed by atoms with van der Waals surface area (Å²) < 4.78 is 0. The quantitative estimate of drug-likeness (QED) is 0.562. The molecular formula is C18H22ClN3O4S. The van der Waals surface area contributed by atoms with Crippen LogP contribution in [-0.2, 0) is 4.79 Å². The number of non-ortho nitro benzene ring substituents is 1. The number of piperidine rings is 1. The van der Waals surface area contributed by atoms with E-state index in [4.69, 9.17) is 11.6 Å². The van der Waals surface area contributed by atoms with Crippen molar-refractivity contribution in [2.75, 3.05) is 25.4 Å². The van der Waals surface area contributed by atoms with Gasteiger partial charge in [0.2, 0.25) is 5.91 Å². The van der Waals surface area contributed by atoms with Gasteiger partial charge >= 0.3 is 0 Å². The molecule has 0 saturated carbocycles. The lowest BCUT2D eigenvalue weighted by Crippen LogP contribution is -2.54. The summed E-state index contributed by atoms with van der Waals surface area (Å²) in [6.07, 6.45) is 1.43. The standard InChI is InChI=1S/C18H22ClN3O4S/c1-12(2)16(23)21-9-10-27-18(21)5-7-20(8-6-18)17(24)14-4-3-13(22(25)26)11-15(14)19/h3-4,11-12H,5-10H2,1-2H3. The van der Waals surface area contributed by atoms with Crippen molar-refractivity contribution in [2.24, 2.45) is 5.92 Å². The van der Waals surface area contributed by atoms with Crippen LogP contribution in [0, 0.1) is 16.0 Å². The normalized spacial score (nSPS) is 19.0. The van der Waals surface area contributed by atoms with E-state index >= 15 is 0 Å². The fraction of sp³-hybridized carbons (Fsp3) is 0.556. The molecule has 2 heterocycles. The molecule has 0 aromatic heterocycles. The molecule has 27 heavy (non-hydrogen) atoms. The Morgan fingerprint density at radius 3 is 2.48 bits per heavy atom. The average molecular weight is 412 g/mol. The summed E-state index contributed by atoms with van der Waals surface area (Å²) >= 11 is 7.90. The lowest BCUT2D eigenvalue weighted by Gasteiger charge is -2.44. The third-order valence-corrected chi connectivity index (χ3v) is 7.03. The van der Waals surface area contributed by atoms with Gasteiger partial charge < -0.3 is 9.80 Å². The van der Waals surface area contributed by atoms with E-state index in [2.05, 4.69) is 0 Å². The molecule has 9 heteroatoms. The number of amides is 2. The van der Waals surface area contributed by atoms with E-state index in [-0.39, 0.29) is 38.9 Å². The van der Waals surface area contributed by atoms with Crippen LogP contribution in [0.3, 0.4) is 0 Å². The molecule has 2 aliphatic heterocycles. The van der Waals surface area contributed by atoms with E-state index in [9.17, 15) is 19.7 Å². The number of nitrogens with zero attached hydrogens (tertiary/aromatic N) is 3. The highest BCUT2D eigenvalue weighted by Gasteiger charge is 2.47. The fourth-order valence-corrected chi connectivity index (χ4v) is 5.38. The lowest BCUT2D eigenvalue weighted by atomic mass is 9.99. The first kappa shape index (κ1) is 19.9. The Hall–Kier alpha value is -1.80. The molecule has 0 atom stereocenters. The van der Waals surface area contributed by atoms with Crippen LogP contribution in [0.5, 0.6) is 0 Å². The van der Waals surface area contributed by atoms with Crippen molar-refractivity contribution in [3.63, 3.8) is 0 Å². The second-order valence-electron chi connectivity index (χ2n) is 7.15. The largest absolute Gasteiger partial charge is 0.338 e. The predicted octanol–water partition coefficient (Wildman–Crippen LogP) is 3.41. The van der Waals surface area contributed by atoms with Gasteiger partial charge in [0.05, 0.1) is 20.4 Å². The smallest absolute Gasteiger partial charge is 0.270 e. The van der Waals surface area contributed by atoms with Gasteiger partial charge in [0.1, 0.15) is 0 Å². The van der Waals surface area contributed by atoms with Crippen molar-refractivity contribution < 1.29 is 14.5 Å². The number of carbonyl (C=O) groups excluding carboxylic acids is 2. The minimum absolute atomic E-state index is 0.0425. The molecule has 2 fully saturated rings. The maximum atomic E-state index is 12.8. The Balaban J connectivity index is 1.71. The highest BCUT2D eigenvalue weighted by Crippen LogP contribution is 2.44. The second-order valence-corrected chi connectivity index (χ2v) is 9.02. The van der Waals surface area contributed by atoms with Gasteiger partial charge in [-0.1, -0.05) is 25.4 Å². The summed E-state index contributed by atoms with van der Waals surface area (Å²) in [4.78, 5) is 39.1. The molecule has 1 spiro atoms. The van der Waals surface area contributed by atoms with E-state index in [0.717, 1.165) is 12.3 Å². The monoisotopic (exact) mass is 411 g/mol. The number of hydrogen-bond donors (Lipinski definition) is 0. The van der Waals surface area contributed by atoms with Gasteiger partial charge in [-0.05, 0) is 18.9 Å². The number of halogens is 1. The van der Waals surface area contributed by atoms with Crippen molar-refractivity contribution in [3.05, 3.63) is 38.9 Å². The molecule has 1 aromatic rings. The molecule has 0 bridgehead atoms. The van der Waals surface area contributed by atoms with Gasteiger partial charge in [-0.3, -0.25) is 19.7 Å². The number of nitro groups is 1. The molecule has 3 rings (SSSR count). The Morgan fingerprint density at radius 1 is 1.26 bits per heavy atom. The number of rotatable bonds is 3. The van der Waals surface area contributed by atoms with Gasteiger partial charge in [-0.25, -0.2) is 0 Å². The number of carbonyl (C=O) groups is 2. The first-order valence-electron chi connectivity index (χ1n) is 8.94. The van der Waals surface area contributed by atoms with Crippen molar-refractivity contribution in [2.45, 2.75) is 31.6 Å². The maximum Gasteiger partial charge on any atom is 0.270 e. The molecule has 0 aliphatic carbocycles. The van der Waals surface area contributed by atoms with E-state index in [1.165, 1.54) is 18.2 Å². The Kier molecular flexibility index (Phi) is 5.67. The van der Waals surface area contributed by atoms with Crippen LogP contribution in [0.15, 0.2) is 18.2 Å². The molecule has 0 N–H and O–H groups in total. The molecule has 0 radical (unpaired) electrons. The average Bonchev–Trinajstić information content (AvgIpc) is 3.03. The molecule has 2 saturated heterocycles. The lowest BCUT2D eigenvalue weighted by molar-refractivity contribution is -0.384. The fourth-order valence-electron chi connectivity index (χ4n) is 3.67. The molecule has 146 valence electrons. The third-order valence-electron chi connectivity index (χ3n) is 5.16. The van der Waals surface area contributed by atoms with Crippen molar-refractivity contribution in [3.8, 4) is 0 Å². The van der Waals surface area contributed by atoms with Crippen LogP contribution in [0.4, 0.5) is 5.69 Å². The zero-order valence-corrected chi connectivity index (χ0v) is 16.9. The summed E-state index contributed by atoms with van der Waals surface area (Å²) in [5, 5.41) is 10.9. The predicted molar refractivity (Wildman–Crippen MR) is 105 cm³/mol. The van der Waals surface area contributed by atoms with E-state index in [1.54, 1.807) is 16.7 Å². The minimum atomic E-state index is -0.539. The molecule has 7 nitrogen and oxygen atoms in total. The molecular weight excluding hydrogens is 390 g/mol. The SMILES string of the molecule is CC(C)C(=O)N1CCSC12CCN(C(=O)c1ccc([N+](=O)[O-])cc1Cl)CC2. The Morgan fingerprint density at radius 2 is 1.93 bits per heavy atom. The Bertz CT molecular complexity index is 778. The number of likely N-dealkylation sites (tertiary alicyclic amines) is 1. The summed E-state index contributed by atoms with van der Waals surface area (Å²) in [7, 11) is 0. The minimum Gasteiger partial charge on any atom is -0.338 e. The zero-order valence-electron chi connectivity index (χ0n) is 15.3. The van der Waals surface area contributed by atoms with Crippen LogP contribution in [0.25, 0.3) is 0 Å². The van der Waals surface area contributed by atoms with Crippen LogP contribution >= 0.6 is 23.4 Å². The van der Waals surface area contributed by atoms with Crippen LogP contribution in [0.2, 0.25) is 5.02 Å². The van der Waals surface area contributed by atoms with Crippen molar-refractivity contribution >= 4 is 40.9 Å². The first-order chi connectivity index (χ1) is 12.7. The number of hydrogen-bond acceptors (Lipinski definition) is 5. The van der Waals surface area contributed by atoms with Gasteiger partial charge in [0.15, 0.2) is 0 Å². The summed E-state index contributed by atoms with van der Waals surface area (Å²) in [5.74, 6) is 0.812. The van der Waals surface area contributed by atoms with E-state index in [1.807, 2.05) is 18.7 Å². The highest BCUT2D eigenvalue weighted by atomic mass is 35.5. The van der Waals surface area contributed by atoms with Crippen molar-refractivity contribution in [1.29, 1.82) is 0 Å². The second kappa shape index (κ2) is 7.67. The van der Waals surface area contributed by atoms with Gasteiger partial charge in [0, 0.05) is 43.4 Å². The van der Waals surface area contributed by atoms with Crippen LogP contribution < -0.4 is 0 Å². The molecule has 2 aliphatic rings. The van der Waals surface area contributed by atoms with Gasteiger partial charge in [-0.2, -0.15) is 0 Å². The summed E-state index contributed by atoms with van der Waals surface area (Å²) in [6.45, 7) is 5.63. The first-order valence-corrected chi connectivity index (χ1v) is 10.3. The number of nitro benzene ring substituents is 1. The molecule has 2 amide bonds.